The second-order valence-corrected chi connectivity index (χ2v) is 7.51. The fraction of sp³-hybridized carbons (Fsp3) is 0.667. The third-order valence-corrected chi connectivity index (χ3v) is 5.06. The summed E-state index contributed by atoms with van der Waals surface area (Å²) in [6.07, 6.45) is -1.73. The summed E-state index contributed by atoms with van der Waals surface area (Å²) in [5.74, 6) is 0.788. The Morgan fingerprint density at radius 3 is 2.70 bits per heavy atom. The molecule has 172 valence electrons. The first kappa shape index (κ1) is 26.9. The summed E-state index contributed by atoms with van der Waals surface area (Å²) in [5, 5.41) is 3.28. The van der Waals surface area contributed by atoms with Gasteiger partial charge in [-0.15, -0.1) is 24.0 Å². The first-order valence-corrected chi connectivity index (χ1v) is 10.4. The number of halogens is 5. The van der Waals surface area contributed by atoms with Crippen LogP contribution in [0.4, 0.5) is 17.6 Å². The molecule has 1 fully saturated rings. The Bertz CT molecular complexity index is 654. The molecule has 1 N–H and O–H groups in total. The van der Waals surface area contributed by atoms with Crippen molar-refractivity contribution in [1.82, 2.24) is 15.1 Å². The van der Waals surface area contributed by atoms with Crippen LogP contribution in [0.15, 0.2) is 29.3 Å². The smallest absolute Gasteiger partial charge is 0.357 e. The van der Waals surface area contributed by atoms with Crippen molar-refractivity contribution in [2.45, 2.75) is 39.3 Å². The van der Waals surface area contributed by atoms with Gasteiger partial charge in [-0.3, -0.25) is 9.89 Å². The van der Waals surface area contributed by atoms with E-state index in [2.05, 4.69) is 15.2 Å². The summed E-state index contributed by atoms with van der Waals surface area (Å²) >= 11 is 0. The van der Waals surface area contributed by atoms with Gasteiger partial charge >= 0.3 is 6.18 Å². The molecule has 1 aromatic carbocycles. The molecule has 0 bridgehead atoms. The highest BCUT2D eigenvalue weighted by atomic mass is 127. The number of alkyl halides is 3. The van der Waals surface area contributed by atoms with Crippen LogP contribution in [0.2, 0.25) is 0 Å². The van der Waals surface area contributed by atoms with Crippen molar-refractivity contribution in [3.8, 4) is 0 Å². The number of aliphatic imine (C=N–C) groups is 1. The lowest BCUT2D eigenvalue weighted by Crippen LogP contribution is -2.42. The molecule has 2 rings (SSSR count). The molecule has 1 aliphatic rings. The van der Waals surface area contributed by atoms with E-state index in [9.17, 15) is 17.6 Å². The van der Waals surface area contributed by atoms with Gasteiger partial charge in [0.25, 0.3) is 0 Å². The van der Waals surface area contributed by atoms with Gasteiger partial charge in [0.2, 0.25) is 0 Å². The second kappa shape index (κ2) is 13.3. The van der Waals surface area contributed by atoms with E-state index in [1.807, 2.05) is 13.0 Å². The molecular formula is C21H33F4IN4. The van der Waals surface area contributed by atoms with Gasteiger partial charge in [0.1, 0.15) is 5.82 Å². The Labute approximate surface area is 194 Å². The van der Waals surface area contributed by atoms with Crippen LogP contribution in [-0.4, -0.2) is 67.7 Å². The predicted octanol–water partition coefficient (Wildman–Crippen LogP) is 4.55. The third-order valence-electron chi connectivity index (χ3n) is 5.06. The molecule has 0 radical (unpaired) electrons. The van der Waals surface area contributed by atoms with Crippen molar-refractivity contribution in [3.05, 3.63) is 35.6 Å². The normalized spacial score (nSPS) is 17.4. The van der Waals surface area contributed by atoms with Crippen molar-refractivity contribution in [2.24, 2.45) is 10.9 Å². The summed E-state index contributed by atoms with van der Waals surface area (Å²) in [6, 6.07) is 6.59. The van der Waals surface area contributed by atoms with Crippen molar-refractivity contribution >= 4 is 29.9 Å². The van der Waals surface area contributed by atoms with Gasteiger partial charge in [-0.1, -0.05) is 19.1 Å². The molecule has 1 unspecified atom stereocenters. The van der Waals surface area contributed by atoms with Crippen LogP contribution in [0.5, 0.6) is 0 Å². The number of aryl methyl sites for hydroxylation is 1. The summed E-state index contributed by atoms with van der Waals surface area (Å²) < 4.78 is 51.3. The fourth-order valence-electron chi connectivity index (χ4n) is 3.68. The average molecular weight is 544 g/mol. The highest BCUT2D eigenvalue weighted by Gasteiger charge is 2.32. The lowest BCUT2D eigenvalue weighted by atomic mass is 10.1. The molecule has 1 aromatic rings. The zero-order chi connectivity index (χ0) is 21.3. The predicted molar refractivity (Wildman–Crippen MR) is 124 cm³/mol. The molecule has 4 nitrogen and oxygen atoms in total. The monoisotopic (exact) mass is 544 g/mol. The number of guanidine groups is 1. The van der Waals surface area contributed by atoms with Gasteiger partial charge in [0.15, 0.2) is 5.96 Å². The topological polar surface area (TPSA) is 30.9 Å². The number of benzene rings is 1. The molecular weight excluding hydrogens is 511 g/mol. The molecule has 9 heteroatoms. The van der Waals surface area contributed by atoms with E-state index < -0.39 is 12.7 Å². The van der Waals surface area contributed by atoms with E-state index in [0.29, 0.717) is 26.2 Å². The minimum Gasteiger partial charge on any atom is -0.357 e. The number of nitrogens with one attached hydrogen (secondary N) is 1. The van der Waals surface area contributed by atoms with Crippen LogP contribution in [-0.2, 0) is 6.42 Å². The number of likely N-dealkylation sites (tertiary alicyclic amines) is 1. The van der Waals surface area contributed by atoms with Gasteiger partial charge in [-0.2, -0.15) is 13.2 Å². The van der Waals surface area contributed by atoms with Crippen molar-refractivity contribution < 1.29 is 17.6 Å². The molecule has 1 heterocycles. The Balaban J connectivity index is 0.00000450. The maximum absolute atomic E-state index is 13.2. The SMILES string of the molecule is CCNC(=NCCCc1cccc(F)c1)N1CCC(CN(CC)CC(F)(F)F)C1.I. The minimum absolute atomic E-state index is 0. The van der Waals surface area contributed by atoms with E-state index in [-0.39, 0.29) is 35.7 Å². The molecule has 0 aromatic heterocycles. The highest BCUT2D eigenvalue weighted by molar-refractivity contribution is 14.0. The molecule has 1 saturated heterocycles. The Morgan fingerprint density at radius 2 is 2.07 bits per heavy atom. The zero-order valence-corrected chi connectivity index (χ0v) is 20.0. The quantitative estimate of drug-likeness (QED) is 0.163. The molecule has 1 atom stereocenters. The maximum atomic E-state index is 13.2. The standard InChI is InChI=1S/C21H32F4N4.HI/c1-3-26-20(27-11-6-8-17-7-5-9-19(22)13-17)29-12-10-18(15-29)14-28(4-2)16-21(23,24)25;/h5,7,9,13,18H,3-4,6,8,10-12,14-16H2,1-2H3,(H,26,27);1H. The number of nitrogens with zero attached hydrogens (tertiary/aromatic N) is 3. The summed E-state index contributed by atoms with van der Waals surface area (Å²) in [4.78, 5) is 8.28. The van der Waals surface area contributed by atoms with E-state index in [1.54, 1.807) is 19.1 Å². The Hall–Kier alpha value is -1.10. The summed E-state index contributed by atoms with van der Waals surface area (Å²) in [6.45, 7) is 6.62. The van der Waals surface area contributed by atoms with E-state index >= 15 is 0 Å². The molecule has 1 aliphatic heterocycles. The van der Waals surface area contributed by atoms with Gasteiger partial charge in [0.05, 0.1) is 6.54 Å². The van der Waals surface area contributed by atoms with Crippen molar-refractivity contribution in [3.63, 3.8) is 0 Å². The maximum Gasteiger partial charge on any atom is 0.401 e. The van der Waals surface area contributed by atoms with E-state index in [4.69, 9.17) is 0 Å². The number of hydrogen-bond donors (Lipinski definition) is 1. The van der Waals surface area contributed by atoms with Crippen LogP contribution in [0.25, 0.3) is 0 Å². The van der Waals surface area contributed by atoms with Gasteiger partial charge in [-0.05, 0) is 56.3 Å². The van der Waals surface area contributed by atoms with Crippen molar-refractivity contribution in [2.75, 3.05) is 45.8 Å². The lowest BCUT2D eigenvalue weighted by Gasteiger charge is -2.26. The van der Waals surface area contributed by atoms with Crippen LogP contribution in [0.1, 0.15) is 32.3 Å². The zero-order valence-electron chi connectivity index (χ0n) is 17.7. The summed E-state index contributed by atoms with van der Waals surface area (Å²) in [5.41, 5.74) is 0.954. The number of hydrogen-bond acceptors (Lipinski definition) is 2. The number of rotatable bonds is 9. The molecule has 30 heavy (non-hydrogen) atoms. The van der Waals surface area contributed by atoms with E-state index in [1.165, 1.54) is 11.0 Å². The van der Waals surface area contributed by atoms with Gasteiger partial charge < -0.3 is 10.2 Å². The average Bonchev–Trinajstić information content (AvgIpc) is 3.11. The first-order chi connectivity index (χ1) is 13.8. The third kappa shape index (κ3) is 9.80. The molecule has 0 amide bonds. The highest BCUT2D eigenvalue weighted by Crippen LogP contribution is 2.21. The van der Waals surface area contributed by atoms with Gasteiger partial charge in [-0.25, -0.2) is 4.39 Å². The lowest BCUT2D eigenvalue weighted by molar-refractivity contribution is -0.146. The largest absolute Gasteiger partial charge is 0.401 e. The Morgan fingerprint density at radius 1 is 1.30 bits per heavy atom. The molecule has 0 saturated carbocycles. The molecule has 0 aliphatic carbocycles. The minimum atomic E-state index is -4.16. The van der Waals surface area contributed by atoms with Gasteiger partial charge in [0, 0.05) is 32.7 Å². The van der Waals surface area contributed by atoms with Crippen LogP contribution < -0.4 is 5.32 Å². The van der Waals surface area contributed by atoms with Crippen LogP contribution in [0, 0.1) is 11.7 Å². The first-order valence-electron chi connectivity index (χ1n) is 10.4. The fourth-order valence-corrected chi connectivity index (χ4v) is 3.68. The van der Waals surface area contributed by atoms with Crippen LogP contribution in [0.3, 0.4) is 0 Å². The molecule has 0 spiro atoms. The van der Waals surface area contributed by atoms with Crippen molar-refractivity contribution in [1.29, 1.82) is 0 Å². The van der Waals surface area contributed by atoms with E-state index in [0.717, 1.165) is 43.9 Å². The summed E-state index contributed by atoms with van der Waals surface area (Å²) in [7, 11) is 0. The second-order valence-electron chi connectivity index (χ2n) is 7.51. The Kier molecular flexibility index (Phi) is 12.0. The van der Waals surface area contributed by atoms with Crippen LogP contribution >= 0.6 is 24.0 Å².